The van der Waals surface area contributed by atoms with E-state index in [1.807, 2.05) is 0 Å². The second-order valence-electron chi connectivity index (χ2n) is 1.44. The van der Waals surface area contributed by atoms with E-state index in [1.165, 1.54) is 0 Å². The predicted octanol–water partition coefficient (Wildman–Crippen LogP) is 0.689. The molecule has 0 saturated heterocycles. The molecule has 0 amide bonds. The Balaban J connectivity index is 0.000000810. The lowest BCUT2D eigenvalue weighted by Crippen LogP contribution is -1.95. The van der Waals surface area contributed by atoms with E-state index < -0.39 is 0 Å². The second-order valence-corrected chi connectivity index (χ2v) is 1.71. The van der Waals surface area contributed by atoms with Gasteiger partial charge >= 0.3 is 0 Å². The van der Waals surface area contributed by atoms with Crippen molar-refractivity contribution in [1.29, 1.82) is 0 Å². The van der Waals surface area contributed by atoms with Crippen LogP contribution in [-0.2, 0) is 12.4 Å². The van der Waals surface area contributed by atoms with Gasteiger partial charge in [0.05, 0.1) is 12.4 Å². The summed E-state index contributed by atoms with van der Waals surface area (Å²) < 4.78 is 4.63. The van der Waals surface area contributed by atoms with Crippen LogP contribution in [0.4, 0.5) is 0 Å². The summed E-state index contributed by atoms with van der Waals surface area (Å²) in [6.07, 6.45) is 0. The summed E-state index contributed by atoms with van der Waals surface area (Å²) >= 11 is 5.37. The highest BCUT2D eigenvalue weighted by atomic mass is 35.5. The lowest BCUT2D eigenvalue weighted by atomic mass is 10.6. The van der Waals surface area contributed by atoms with E-state index >= 15 is 0 Å². The average Bonchev–Trinajstić information content (AvgIpc) is 2.34. The molecule has 0 bridgehead atoms. The molecule has 0 aliphatic rings. The van der Waals surface area contributed by atoms with E-state index in [0.717, 1.165) is 0 Å². The first-order chi connectivity index (χ1) is 4.36. The highest BCUT2D eigenvalue weighted by molar-refractivity contribution is 6.16. The minimum atomic E-state index is 0. The molecule has 0 atom stereocenters. The maximum Gasteiger partial charge on any atom is 0.240 e. The van der Waals surface area contributed by atoms with Crippen LogP contribution in [0.3, 0.4) is 0 Å². The van der Waals surface area contributed by atoms with Gasteiger partial charge in [-0.25, -0.2) is 0 Å². The molecule has 0 unspecified atom stereocenters. The smallest absolute Gasteiger partial charge is 0.240 e. The van der Waals surface area contributed by atoms with Gasteiger partial charge in [0, 0.05) is 0 Å². The molecule has 1 rings (SSSR count). The molecule has 0 aliphatic heterocycles. The molecule has 10 heavy (non-hydrogen) atoms. The van der Waals surface area contributed by atoms with Crippen molar-refractivity contribution in [3.8, 4) is 0 Å². The van der Waals surface area contributed by atoms with E-state index in [4.69, 9.17) is 17.3 Å². The standard InChI is InChI=1S/C4H6ClN3O.ClH/c5-1-3-7-4(2-6)9-8-3;/h1-2,6H2;1H. The highest BCUT2D eigenvalue weighted by Gasteiger charge is 2.00. The number of aromatic nitrogens is 2. The Morgan fingerprint density at radius 2 is 2.30 bits per heavy atom. The lowest BCUT2D eigenvalue weighted by molar-refractivity contribution is 0.376. The minimum Gasteiger partial charge on any atom is -0.338 e. The van der Waals surface area contributed by atoms with Gasteiger partial charge in [-0.1, -0.05) is 5.16 Å². The van der Waals surface area contributed by atoms with Crippen molar-refractivity contribution in [2.45, 2.75) is 12.4 Å². The molecule has 1 heterocycles. The fraction of sp³-hybridized carbons (Fsp3) is 0.500. The molecule has 0 fully saturated rings. The predicted molar refractivity (Wildman–Crippen MR) is 39.0 cm³/mol. The van der Waals surface area contributed by atoms with Crippen LogP contribution in [0.15, 0.2) is 4.52 Å². The molecule has 2 N–H and O–H groups in total. The number of nitrogens with zero attached hydrogens (tertiary/aromatic N) is 2. The fourth-order valence-corrected chi connectivity index (χ4v) is 0.536. The van der Waals surface area contributed by atoms with Crippen LogP contribution in [-0.4, -0.2) is 10.1 Å². The molecule has 0 saturated carbocycles. The van der Waals surface area contributed by atoms with Crippen molar-refractivity contribution in [3.05, 3.63) is 11.7 Å². The van der Waals surface area contributed by atoms with E-state index in [9.17, 15) is 0 Å². The quantitative estimate of drug-likeness (QED) is 0.686. The van der Waals surface area contributed by atoms with Crippen molar-refractivity contribution in [2.24, 2.45) is 5.73 Å². The molecule has 6 heteroatoms. The van der Waals surface area contributed by atoms with Gasteiger partial charge in [0.2, 0.25) is 5.89 Å². The molecule has 0 aliphatic carbocycles. The molecule has 1 aromatic rings. The highest BCUT2D eigenvalue weighted by Crippen LogP contribution is 1.97. The average molecular weight is 184 g/mol. The summed E-state index contributed by atoms with van der Waals surface area (Å²) in [5, 5.41) is 3.51. The summed E-state index contributed by atoms with van der Waals surface area (Å²) in [6, 6.07) is 0. The molecule has 4 nitrogen and oxygen atoms in total. The van der Waals surface area contributed by atoms with Crippen LogP contribution < -0.4 is 5.73 Å². The van der Waals surface area contributed by atoms with Crippen molar-refractivity contribution < 1.29 is 4.52 Å². The van der Waals surface area contributed by atoms with Crippen LogP contribution in [0.1, 0.15) is 11.7 Å². The van der Waals surface area contributed by atoms with Crippen LogP contribution in [0.2, 0.25) is 0 Å². The first kappa shape index (κ1) is 9.68. The van der Waals surface area contributed by atoms with Gasteiger partial charge in [-0.3, -0.25) is 0 Å². The van der Waals surface area contributed by atoms with Crippen LogP contribution in [0.25, 0.3) is 0 Å². The van der Waals surface area contributed by atoms with Crippen LogP contribution in [0.5, 0.6) is 0 Å². The maximum absolute atomic E-state index is 5.37. The largest absolute Gasteiger partial charge is 0.338 e. The molecule has 1 aromatic heterocycles. The Morgan fingerprint density at radius 3 is 2.60 bits per heavy atom. The normalized spacial score (nSPS) is 9.00. The Kier molecular flexibility index (Phi) is 4.34. The second kappa shape index (κ2) is 4.49. The van der Waals surface area contributed by atoms with Gasteiger partial charge in [0.1, 0.15) is 0 Å². The van der Waals surface area contributed by atoms with Gasteiger partial charge in [-0.15, -0.1) is 24.0 Å². The van der Waals surface area contributed by atoms with Gasteiger partial charge in [-0.2, -0.15) is 4.98 Å². The number of hydrogen-bond acceptors (Lipinski definition) is 4. The molecule has 0 spiro atoms. The molecule has 0 aromatic carbocycles. The van der Waals surface area contributed by atoms with Gasteiger partial charge in [-0.05, 0) is 0 Å². The third-order valence-electron chi connectivity index (χ3n) is 0.804. The first-order valence-electron chi connectivity index (χ1n) is 2.44. The van der Waals surface area contributed by atoms with E-state index in [1.54, 1.807) is 0 Å². The molecule has 0 radical (unpaired) electrons. The lowest BCUT2D eigenvalue weighted by Gasteiger charge is -1.77. The van der Waals surface area contributed by atoms with Gasteiger partial charge in [0.15, 0.2) is 5.82 Å². The number of halogens is 2. The summed E-state index contributed by atoms with van der Waals surface area (Å²) in [6.45, 7) is 0.268. The number of rotatable bonds is 2. The van der Waals surface area contributed by atoms with Crippen LogP contribution >= 0.6 is 24.0 Å². The van der Waals surface area contributed by atoms with Gasteiger partial charge in [0.25, 0.3) is 0 Å². The SMILES string of the molecule is Cl.NCc1nc(CCl)no1. The Hall–Kier alpha value is -0.320. The zero-order chi connectivity index (χ0) is 6.69. The topological polar surface area (TPSA) is 64.9 Å². The maximum atomic E-state index is 5.37. The molecular formula is C4H7Cl2N3O. The third kappa shape index (κ3) is 2.13. The van der Waals surface area contributed by atoms with E-state index in [0.29, 0.717) is 11.7 Å². The van der Waals surface area contributed by atoms with Crippen molar-refractivity contribution in [2.75, 3.05) is 0 Å². The Labute approximate surface area is 69.1 Å². The van der Waals surface area contributed by atoms with Gasteiger partial charge < -0.3 is 10.3 Å². The van der Waals surface area contributed by atoms with Crippen LogP contribution in [0, 0.1) is 0 Å². The summed E-state index contributed by atoms with van der Waals surface area (Å²) in [5.74, 6) is 1.17. The minimum absolute atomic E-state index is 0. The summed E-state index contributed by atoms with van der Waals surface area (Å²) in [5.41, 5.74) is 5.18. The summed E-state index contributed by atoms with van der Waals surface area (Å²) in [4.78, 5) is 3.81. The van der Waals surface area contributed by atoms with E-state index in [2.05, 4.69) is 14.7 Å². The Morgan fingerprint density at radius 1 is 1.60 bits per heavy atom. The van der Waals surface area contributed by atoms with Crippen molar-refractivity contribution in [3.63, 3.8) is 0 Å². The number of hydrogen-bond donors (Lipinski definition) is 1. The van der Waals surface area contributed by atoms with Crippen molar-refractivity contribution in [1.82, 2.24) is 10.1 Å². The molecule has 58 valence electrons. The molecular weight excluding hydrogens is 177 g/mol. The third-order valence-corrected chi connectivity index (χ3v) is 1.04. The zero-order valence-corrected chi connectivity index (χ0v) is 6.65. The monoisotopic (exact) mass is 183 g/mol. The fourth-order valence-electron chi connectivity index (χ4n) is 0.427. The van der Waals surface area contributed by atoms with E-state index in [-0.39, 0.29) is 24.8 Å². The first-order valence-corrected chi connectivity index (χ1v) is 2.97. The summed E-state index contributed by atoms with van der Waals surface area (Å²) in [7, 11) is 0. The van der Waals surface area contributed by atoms with Crippen molar-refractivity contribution >= 4 is 24.0 Å². The number of nitrogens with two attached hydrogens (primary N) is 1. The number of alkyl halides is 1. The zero-order valence-electron chi connectivity index (χ0n) is 5.08. The Bertz CT molecular complexity index is 172.